The maximum atomic E-state index is 13.0. The summed E-state index contributed by atoms with van der Waals surface area (Å²) in [5.74, 6) is -0.209. The third-order valence-corrected chi connectivity index (χ3v) is 4.22. The van der Waals surface area contributed by atoms with Gasteiger partial charge in [-0.1, -0.05) is 37.3 Å². The van der Waals surface area contributed by atoms with Crippen LogP contribution < -0.4 is 5.56 Å². The van der Waals surface area contributed by atoms with E-state index in [0.717, 1.165) is 17.4 Å². The van der Waals surface area contributed by atoms with Gasteiger partial charge in [0.05, 0.1) is 11.6 Å². The summed E-state index contributed by atoms with van der Waals surface area (Å²) in [7, 11) is 0. The van der Waals surface area contributed by atoms with Crippen molar-refractivity contribution < 1.29 is 4.79 Å². The summed E-state index contributed by atoms with van der Waals surface area (Å²) in [6.45, 7) is 3.00. The molecule has 3 rings (SSSR count). The van der Waals surface area contributed by atoms with E-state index in [-0.39, 0.29) is 17.2 Å². The highest BCUT2D eigenvalue weighted by molar-refractivity contribution is 5.96. The minimum Gasteiger partial charge on any atom is -0.333 e. The Labute approximate surface area is 151 Å². The summed E-state index contributed by atoms with van der Waals surface area (Å²) >= 11 is 0. The van der Waals surface area contributed by atoms with E-state index in [2.05, 4.69) is 11.1 Å². The van der Waals surface area contributed by atoms with E-state index in [4.69, 9.17) is 5.26 Å². The number of H-pyrrole nitrogens is 1. The topological polar surface area (TPSA) is 77.0 Å². The number of aromatic nitrogens is 1. The van der Waals surface area contributed by atoms with Crippen molar-refractivity contribution >= 4 is 16.7 Å². The number of aromatic amines is 1. The Balaban J connectivity index is 1.91. The molecule has 26 heavy (non-hydrogen) atoms. The van der Waals surface area contributed by atoms with Crippen molar-refractivity contribution in [2.45, 2.75) is 19.9 Å². The zero-order chi connectivity index (χ0) is 18.5. The standard InChI is InChI=1S/C21H19N3O2/c1-2-11-24(14-16-9-7-15(13-22)8-10-16)21(26)19-12-17-5-3-4-6-18(17)20(25)23-19/h3-10,12H,2,11,14H2,1H3,(H,23,25). The number of rotatable bonds is 5. The molecule has 0 fully saturated rings. The van der Waals surface area contributed by atoms with Gasteiger partial charge in [-0.15, -0.1) is 0 Å². The number of benzene rings is 2. The summed E-state index contributed by atoms with van der Waals surface area (Å²) in [6.07, 6.45) is 0.805. The van der Waals surface area contributed by atoms with Crippen molar-refractivity contribution in [3.8, 4) is 6.07 Å². The van der Waals surface area contributed by atoms with E-state index in [1.807, 2.05) is 31.2 Å². The predicted molar refractivity (Wildman–Crippen MR) is 101 cm³/mol. The Morgan fingerprint density at radius 2 is 1.88 bits per heavy atom. The SMILES string of the molecule is CCCN(Cc1ccc(C#N)cc1)C(=O)c1cc2ccccc2c(=O)[nH]1. The molecule has 0 aliphatic carbocycles. The van der Waals surface area contributed by atoms with Crippen LogP contribution in [0.1, 0.15) is 35.0 Å². The molecule has 5 nitrogen and oxygen atoms in total. The lowest BCUT2D eigenvalue weighted by Gasteiger charge is -2.22. The number of pyridine rings is 1. The van der Waals surface area contributed by atoms with E-state index in [0.29, 0.717) is 24.0 Å². The Hall–Kier alpha value is -3.39. The van der Waals surface area contributed by atoms with E-state index in [1.54, 1.807) is 35.2 Å². The Bertz CT molecular complexity index is 1030. The van der Waals surface area contributed by atoms with E-state index < -0.39 is 0 Å². The Morgan fingerprint density at radius 3 is 2.58 bits per heavy atom. The summed E-state index contributed by atoms with van der Waals surface area (Å²) in [6, 6.07) is 18.2. The molecule has 0 aliphatic heterocycles. The molecule has 2 aromatic carbocycles. The van der Waals surface area contributed by atoms with Crippen LogP contribution in [-0.4, -0.2) is 22.3 Å². The predicted octanol–water partition coefficient (Wildman–Crippen LogP) is 3.45. The van der Waals surface area contributed by atoms with Crippen LogP contribution in [0.25, 0.3) is 10.8 Å². The van der Waals surface area contributed by atoms with Gasteiger partial charge >= 0.3 is 0 Å². The fourth-order valence-corrected chi connectivity index (χ4v) is 2.92. The molecule has 0 saturated carbocycles. The molecule has 0 aliphatic rings. The lowest BCUT2D eigenvalue weighted by atomic mass is 10.1. The lowest BCUT2D eigenvalue weighted by Crippen LogP contribution is -2.33. The molecule has 0 spiro atoms. The van der Waals surface area contributed by atoms with Crippen LogP contribution in [0.3, 0.4) is 0 Å². The molecule has 0 radical (unpaired) electrons. The fraction of sp³-hybridized carbons (Fsp3) is 0.190. The average Bonchev–Trinajstić information content (AvgIpc) is 2.67. The fourth-order valence-electron chi connectivity index (χ4n) is 2.92. The van der Waals surface area contributed by atoms with Crippen LogP contribution in [0.2, 0.25) is 0 Å². The average molecular weight is 345 g/mol. The molecule has 1 amide bonds. The molecule has 0 bridgehead atoms. The second-order valence-electron chi connectivity index (χ2n) is 6.13. The van der Waals surface area contributed by atoms with Gasteiger partial charge in [-0.2, -0.15) is 5.26 Å². The first kappa shape index (κ1) is 17.4. The van der Waals surface area contributed by atoms with Gasteiger partial charge in [-0.25, -0.2) is 0 Å². The number of nitrogens with one attached hydrogen (secondary N) is 1. The molecule has 5 heteroatoms. The van der Waals surface area contributed by atoms with Gasteiger partial charge in [0.15, 0.2) is 0 Å². The second-order valence-corrected chi connectivity index (χ2v) is 6.13. The molecule has 1 heterocycles. The van der Waals surface area contributed by atoms with Crippen molar-refractivity contribution in [1.29, 1.82) is 5.26 Å². The highest BCUT2D eigenvalue weighted by Gasteiger charge is 2.17. The van der Waals surface area contributed by atoms with Gasteiger partial charge in [0.25, 0.3) is 11.5 Å². The van der Waals surface area contributed by atoms with Gasteiger partial charge in [0, 0.05) is 18.5 Å². The molecule has 0 saturated heterocycles. The van der Waals surface area contributed by atoms with Crippen molar-refractivity contribution in [2.24, 2.45) is 0 Å². The van der Waals surface area contributed by atoms with Crippen molar-refractivity contribution in [3.63, 3.8) is 0 Å². The van der Waals surface area contributed by atoms with Gasteiger partial charge in [0.1, 0.15) is 5.69 Å². The van der Waals surface area contributed by atoms with Crippen LogP contribution in [0.4, 0.5) is 0 Å². The number of hydrogen-bond acceptors (Lipinski definition) is 3. The largest absolute Gasteiger partial charge is 0.333 e. The Kier molecular flexibility index (Phi) is 5.14. The van der Waals surface area contributed by atoms with Crippen LogP contribution in [0.5, 0.6) is 0 Å². The molecule has 0 unspecified atom stereocenters. The number of nitrogens with zero attached hydrogens (tertiary/aromatic N) is 2. The van der Waals surface area contributed by atoms with Gasteiger partial charge in [-0.05, 0) is 41.6 Å². The minimum atomic E-state index is -0.263. The smallest absolute Gasteiger partial charge is 0.270 e. The zero-order valence-electron chi connectivity index (χ0n) is 14.5. The molecule has 3 aromatic rings. The first-order valence-corrected chi connectivity index (χ1v) is 8.52. The van der Waals surface area contributed by atoms with Crippen molar-refractivity contribution in [3.05, 3.63) is 81.8 Å². The molecule has 0 atom stereocenters. The van der Waals surface area contributed by atoms with Crippen molar-refractivity contribution in [1.82, 2.24) is 9.88 Å². The van der Waals surface area contributed by atoms with E-state index in [1.165, 1.54) is 0 Å². The molecular formula is C21H19N3O2. The van der Waals surface area contributed by atoms with Crippen LogP contribution in [-0.2, 0) is 6.54 Å². The quantitative estimate of drug-likeness (QED) is 0.769. The molecule has 1 N–H and O–H groups in total. The molecule has 130 valence electrons. The van der Waals surface area contributed by atoms with Crippen LogP contribution in [0.15, 0.2) is 59.4 Å². The van der Waals surface area contributed by atoms with Gasteiger partial charge in [-0.3, -0.25) is 9.59 Å². The summed E-state index contributed by atoms with van der Waals surface area (Å²) in [5.41, 5.74) is 1.55. The highest BCUT2D eigenvalue weighted by atomic mass is 16.2. The Morgan fingerprint density at radius 1 is 1.15 bits per heavy atom. The third kappa shape index (κ3) is 3.65. The second kappa shape index (κ2) is 7.66. The van der Waals surface area contributed by atoms with E-state index >= 15 is 0 Å². The molecular weight excluding hydrogens is 326 g/mol. The van der Waals surface area contributed by atoms with Crippen LogP contribution in [0, 0.1) is 11.3 Å². The maximum Gasteiger partial charge on any atom is 0.270 e. The monoisotopic (exact) mass is 345 g/mol. The highest BCUT2D eigenvalue weighted by Crippen LogP contribution is 2.14. The number of carbonyl (C=O) groups excluding carboxylic acids is 1. The summed E-state index contributed by atoms with van der Waals surface area (Å²) in [4.78, 5) is 29.6. The number of nitriles is 1. The molecule has 1 aromatic heterocycles. The lowest BCUT2D eigenvalue weighted by molar-refractivity contribution is 0.0737. The van der Waals surface area contributed by atoms with Gasteiger partial charge < -0.3 is 9.88 Å². The van der Waals surface area contributed by atoms with Gasteiger partial charge in [0.2, 0.25) is 0 Å². The van der Waals surface area contributed by atoms with Crippen molar-refractivity contribution in [2.75, 3.05) is 6.54 Å². The number of carbonyl (C=O) groups is 1. The minimum absolute atomic E-state index is 0.209. The first-order chi connectivity index (χ1) is 12.6. The normalized spacial score (nSPS) is 10.5. The summed E-state index contributed by atoms with van der Waals surface area (Å²) in [5, 5.41) is 10.2. The summed E-state index contributed by atoms with van der Waals surface area (Å²) < 4.78 is 0. The third-order valence-electron chi connectivity index (χ3n) is 4.22. The number of fused-ring (bicyclic) bond motifs is 1. The maximum absolute atomic E-state index is 13.0. The van der Waals surface area contributed by atoms with E-state index in [9.17, 15) is 9.59 Å². The number of hydrogen-bond donors (Lipinski definition) is 1. The van der Waals surface area contributed by atoms with Crippen LogP contribution >= 0.6 is 0 Å². The zero-order valence-corrected chi connectivity index (χ0v) is 14.5. The number of amides is 1. The first-order valence-electron chi connectivity index (χ1n) is 8.52.